The van der Waals surface area contributed by atoms with Crippen molar-refractivity contribution in [2.75, 3.05) is 18.6 Å². The van der Waals surface area contributed by atoms with Crippen LogP contribution in [0.25, 0.3) is 0 Å². The summed E-state index contributed by atoms with van der Waals surface area (Å²) in [6, 6.07) is -9.99. The van der Waals surface area contributed by atoms with Gasteiger partial charge >= 0.3 is 5.97 Å². The highest BCUT2D eigenvalue weighted by atomic mass is 32.2. The second kappa shape index (κ2) is 23.5. The van der Waals surface area contributed by atoms with Gasteiger partial charge in [0.2, 0.25) is 41.4 Å². The second-order valence-corrected chi connectivity index (χ2v) is 13.9. The monoisotopic (exact) mass is 764 g/mol. The highest BCUT2D eigenvalue weighted by Gasteiger charge is 2.36. The van der Waals surface area contributed by atoms with Crippen molar-refractivity contribution >= 4 is 59.1 Å². The maximum Gasteiger partial charge on any atom is 0.328 e. The topological polar surface area (TPSA) is 342 Å². The van der Waals surface area contributed by atoms with Gasteiger partial charge in [-0.25, -0.2) is 4.79 Å². The fraction of sp³-hybridized carbons (Fsp3) is 0.742. The van der Waals surface area contributed by atoms with Gasteiger partial charge in [-0.1, -0.05) is 27.7 Å². The molecule has 7 amide bonds. The van der Waals surface area contributed by atoms with Crippen LogP contribution in [0.1, 0.15) is 60.8 Å². The number of carbonyl (C=O) groups excluding carboxylic acids is 7. The zero-order valence-corrected chi connectivity index (χ0v) is 31.3. The van der Waals surface area contributed by atoms with Crippen LogP contribution < -0.4 is 43.4 Å². The van der Waals surface area contributed by atoms with Crippen molar-refractivity contribution in [3.8, 4) is 0 Å². The summed E-state index contributed by atoms with van der Waals surface area (Å²) in [5, 5.41) is 52.5. The highest BCUT2D eigenvalue weighted by Crippen LogP contribution is 2.10. The van der Waals surface area contributed by atoms with Crippen LogP contribution in [-0.2, 0) is 38.4 Å². The van der Waals surface area contributed by atoms with Gasteiger partial charge in [0.05, 0.1) is 18.8 Å². The number of aliphatic carboxylic acids is 1. The molecule has 0 aliphatic rings. The molecule has 0 aromatic rings. The summed E-state index contributed by atoms with van der Waals surface area (Å²) in [5.74, 6) is -8.51. The normalized spacial score (nSPS) is 16.5. The first-order valence-corrected chi connectivity index (χ1v) is 18.0. The van der Waals surface area contributed by atoms with Crippen molar-refractivity contribution in [3.63, 3.8) is 0 Å². The van der Waals surface area contributed by atoms with Gasteiger partial charge in [0, 0.05) is 6.42 Å². The first kappa shape index (κ1) is 48.0. The SMILES string of the molecule is CSCCC(NC(=O)C(N)C(C)O)C(=O)NC(C(=O)NC(C(=O)NC(CCC(N)=O)C(=O)NC(CO)C(=O)NC(C(=O)O)C(C)O)C(C)C)C(C)C. The Bertz CT molecular complexity index is 1250. The van der Waals surface area contributed by atoms with E-state index >= 15 is 0 Å². The predicted octanol–water partition coefficient (Wildman–Crippen LogP) is -4.61. The lowest BCUT2D eigenvalue weighted by molar-refractivity contribution is -0.145. The van der Waals surface area contributed by atoms with Gasteiger partial charge in [-0.3, -0.25) is 33.6 Å². The highest BCUT2D eigenvalue weighted by molar-refractivity contribution is 7.98. The number of aliphatic hydroxyl groups excluding tert-OH is 3. The summed E-state index contributed by atoms with van der Waals surface area (Å²) >= 11 is 1.40. The number of aliphatic hydroxyl groups is 3. The quantitative estimate of drug-likeness (QED) is 0.0440. The minimum atomic E-state index is -1.77. The molecule has 0 aromatic heterocycles. The number of primary amides is 1. The molecule has 0 saturated carbocycles. The summed E-state index contributed by atoms with van der Waals surface area (Å²) < 4.78 is 0. The largest absolute Gasteiger partial charge is 0.480 e. The Morgan fingerprint density at radius 1 is 0.596 bits per heavy atom. The van der Waals surface area contributed by atoms with Crippen molar-refractivity contribution < 1.29 is 58.8 Å². The van der Waals surface area contributed by atoms with E-state index in [4.69, 9.17) is 11.5 Å². The number of hydrogen-bond donors (Lipinski definition) is 12. The zero-order chi connectivity index (χ0) is 40.5. The number of nitrogens with one attached hydrogen (secondary N) is 6. The van der Waals surface area contributed by atoms with Crippen molar-refractivity contribution in [3.05, 3.63) is 0 Å². The number of amides is 7. The summed E-state index contributed by atoms with van der Waals surface area (Å²) in [7, 11) is 0. The van der Waals surface area contributed by atoms with Gasteiger partial charge in [0.15, 0.2) is 6.04 Å². The number of carboxylic acids is 1. The Morgan fingerprint density at radius 3 is 1.42 bits per heavy atom. The van der Waals surface area contributed by atoms with Gasteiger partial charge in [-0.15, -0.1) is 0 Å². The van der Waals surface area contributed by atoms with Crippen LogP contribution in [0.3, 0.4) is 0 Å². The second-order valence-electron chi connectivity index (χ2n) is 12.9. The van der Waals surface area contributed by atoms with E-state index in [9.17, 15) is 58.8 Å². The van der Waals surface area contributed by atoms with E-state index < -0.39 is 127 Å². The van der Waals surface area contributed by atoms with E-state index in [1.165, 1.54) is 18.7 Å². The third-order valence-corrected chi connectivity index (χ3v) is 8.38. The number of carbonyl (C=O) groups is 8. The summed E-state index contributed by atoms with van der Waals surface area (Å²) in [5.41, 5.74) is 10.9. The molecule has 21 heteroatoms. The van der Waals surface area contributed by atoms with Crippen molar-refractivity contribution in [2.45, 2.75) is 115 Å². The van der Waals surface area contributed by atoms with Gasteiger partial charge in [0.1, 0.15) is 36.3 Å². The average molecular weight is 765 g/mol. The zero-order valence-electron chi connectivity index (χ0n) is 30.5. The summed E-state index contributed by atoms with van der Waals surface area (Å²) in [6.07, 6.45) is -1.55. The summed E-state index contributed by atoms with van der Waals surface area (Å²) in [6.45, 7) is 7.83. The number of hydrogen-bond acceptors (Lipinski definition) is 13. The molecule has 0 rings (SSSR count). The molecular formula is C31H56N8O12S. The molecule has 0 fully saturated rings. The van der Waals surface area contributed by atoms with Crippen LogP contribution in [0.15, 0.2) is 0 Å². The maximum atomic E-state index is 13.6. The van der Waals surface area contributed by atoms with E-state index in [1.54, 1.807) is 34.0 Å². The van der Waals surface area contributed by atoms with Crippen LogP contribution in [-0.4, -0.2) is 141 Å². The number of nitrogens with two attached hydrogens (primary N) is 2. The van der Waals surface area contributed by atoms with E-state index in [0.29, 0.717) is 5.75 Å². The Labute approximate surface area is 306 Å². The third-order valence-electron chi connectivity index (χ3n) is 7.73. The molecule has 0 aromatic carbocycles. The van der Waals surface area contributed by atoms with Crippen LogP contribution in [0, 0.1) is 11.8 Å². The Kier molecular flexibility index (Phi) is 21.7. The molecular weight excluding hydrogens is 708 g/mol. The fourth-order valence-corrected chi connectivity index (χ4v) is 4.96. The molecule has 0 saturated heterocycles. The van der Waals surface area contributed by atoms with Gasteiger partial charge in [-0.2, -0.15) is 11.8 Å². The van der Waals surface area contributed by atoms with E-state index in [0.717, 1.165) is 6.92 Å². The van der Waals surface area contributed by atoms with Gasteiger partial charge in [-0.05, 0) is 50.5 Å². The van der Waals surface area contributed by atoms with Crippen LogP contribution in [0.2, 0.25) is 0 Å². The lowest BCUT2D eigenvalue weighted by atomic mass is 9.98. The molecule has 0 spiro atoms. The Morgan fingerprint density at radius 2 is 1.00 bits per heavy atom. The lowest BCUT2D eigenvalue weighted by Gasteiger charge is -2.30. The smallest absolute Gasteiger partial charge is 0.328 e. The fourth-order valence-electron chi connectivity index (χ4n) is 4.48. The van der Waals surface area contributed by atoms with Crippen molar-refractivity contribution in [1.82, 2.24) is 31.9 Å². The average Bonchev–Trinajstić information content (AvgIpc) is 3.05. The third kappa shape index (κ3) is 16.5. The van der Waals surface area contributed by atoms with Crippen molar-refractivity contribution in [2.24, 2.45) is 23.3 Å². The molecule has 0 bridgehead atoms. The molecule has 0 radical (unpaired) electrons. The Balaban J connectivity index is 6.09. The molecule has 0 heterocycles. The Hall–Kier alpha value is -4.05. The minimum Gasteiger partial charge on any atom is -0.480 e. The molecule has 298 valence electrons. The molecule has 9 unspecified atom stereocenters. The maximum absolute atomic E-state index is 13.6. The molecule has 52 heavy (non-hydrogen) atoms. The van der Waals surface area contributed by atoms with Crippen molar-refractivity contribution in [1.29, 1.82) is 0 Å². The molecule has 0 aliphatic heterocycles. The molecule has 0 aliphatic carbocycles. The van der Waals surface area contributed by atoms with Crippen LogP contribution in [0.5, 0.6) is 0 Å². The molecule has 14 N–H and O–H groups in total. The van der Waals surface area contributed by atoms with Crippen LogP contribution in [0.4, 0.5) is 0 Å². The molecule has 9 atom stereocenters. The van der Waals surface area contributed by atoms with Gasteiger partial charge in [0.25, 0.3) is 0 Å². The van der Waals surface area contributed by atoms with E-state index in [2.05, 4.69) is 26.6 Å². The summed E-state index contributed by atoms with van der Waals surface area (Å²) in [4.78, 5) is 102. The van der Waals surface area contributed by atoms with E-state index in [-0.39, 0.29) is 12.8 Å². The standard InChI is InChI=1S/C31H56N8O12S/c1-13(2)22(38-30(49)23(14(3)4)37-26(45)18(10-11-52-7)34-28(47)21(33)15(5)41)29(48)35-17(8-9-20(32)43)25(44)36-19(12-40)27(46)39-24(16(6)42)31(50)51/h13-19,21-24,40-42H,8-12,33H2,1-7H3,(H2,32,43)(H,34,47)(H,35,48)(H,36,44)(H,37,45)(H,38,49)(H,39,46)(H,50,51). The first-order valence-electron chi connectivity index (χ1n) is 16.6. The van der Waals surface area contributed by atoms with Crippen LogP contribution >= 0.6 is 11.8 Å². The van der Waals surface area contributed by atoms with E-state index in [1.807, 2.05) is 5.32 Å². The molecule has 20 nitrogen and oxygen atoms in total. The number of carboxylic acid groups (broad SMARTS) is 1. The number of rotatable bonds is 24. The number of thioether (sulfide) groups is 1. The lowest BCUT2D eigenvalue weighted by Crippen LogP contribution is -2.62. The first-order chi connectivity index (χ1) is 24.1. The minimum absolute atomic E-state index is 0.170. The van der Waals surface area contributed by atoms with Gasteiger partial charge < -0.3 is 63.8 Å². The predicted molar refractivity (Wildman–Crippen MR) is 189 cm³/mol.